The molecule has 1 aliphatic heterocycles. The van der Waals surface area contributed by atoms with Crippen molar-refractivity contribution in [1.29, 1.82) is 0 Å². The molecular weight excluding hydrogens is 232 g/mol. The van der Waals surface area contributed by atoms with Gasteiger partial charge >= 0.3 is 5.97 Å². The van der Waals surface area contributed by atoms with E-state index in [1.807, 2.05) is 0 Å². The molecule has 1 heterocycles. The Hall–Kier alpha value is -0.650. The van der Waals surface area contributed by atoms with Crippen LogP contribution < -0.4 is 0 Å². The number of aliphatic hydroxyl groups excluding tert-OH is 1. The normalized spacial score (nSPS) is 18.6. The fraction of sp³-hybridized carbons (Fsp3) is 0.923. The SMILES string of the molecule is COC(=O)CN1CCCN(CCCCCO)CC1. The summed E-state index contributed by atoms with van der Waals surface area (Å²) in [6, 6.07) is 0. The summed E-state index contributed by atoms with van der Waals surface area (Å²) in [5.41, 5.74) is 0. The highest BCUT2D eigenvalue weighted by Crippen LogP contribution is 2.05. The Labute approximate surface area is 110 Å². The van der Waals surface area contributed by atoms with Crippen LogP contribution in [0.3, 0.4) is 0 Å². The lowest BCUT2D eigenvalue weighted by atomic mass is 10.2. The average molecular weight is 258 g/mol. The number of carbonyl (C=O) groups excluding carboxylic acids is 1. The van der Waals surface area contributed by atoms with Crippen molar-refractivity contribution in [2.24, 2.45) is 0 Å². The number of esters is 1. The van der Waals surface area contributed by atoms with Gasteiger partial charge in [0, 0.05) is 26.2 Å². The molecule has 0 amide bonds. The van der Waals surface area contributed by atoms with E-state index in [1.165, 1.54) is 7.11 Å². The molecule has 0 bridgehead atoms. The van der Waals surface area contributed by atoms with Gasteiger partial charge < -0.3 is 14.7 Å². The molecule has 0 atom stereocenters. The summed E-state index contributed by atoms with van der Waals surface area (Å²) in [6.45, 7) is 5.86. The van der Waals surface area contributed by atoms with E-state index >= 15 is 0 Å². The fourth-order valence-electron chi connectivity index (χ4n) is 2.28. The third-order valence-electron chi connectivity index (χ3n) is 3.39. The molecule has 18 heavy (non-hydrogen) atoms. The number of ether oxygens (including phenoxy) is 1. The summed E-state index contributed by atoms with van der Waals surface area (Å²) >= 11 is 0. The summed E-state index contributed by atoms with van der Waals surface area (Å²) in [7, 11) is 1.44. The zero-order chi connectivity index (χ0) is 13.2. The van der Waals surface area contributed by atoms with Crippen LogP contribution in [-0.4, -0.2) is 73.9 Å². The first-order valence-electron chi connectivity index (χ1n) is 6.88. The van der Waals surface area contributed by atoms with Crippen molar-refractivity contribution < 1.29 is 14.6 Å². The molecule has 1 saturated heterocycles. The Kier molecular flexibility index (Phi) is 7.96. The standard InChI is InChI=1S/C13H26N2O3/c1-18-13(17)12-15-8-5-7-14(9-10-15)6-3-2-4-11-16/h16H,2-12H2,1H3. The van der Waals surface area contributed by atoms with E-state index in [4.69, 9.17) is 9.84 Å². The molecule has 106 valence electrons. The van der Waals surface area contributed by atoms with Gasteiger partial charge in [-0.2, -0.15) is 0 Å². The maximum Gasteiger partial charge on any atom is 0.319 e. The van der Waals surface area contributed by atoms with Gasteiger partial charge in [-0.15, -0.1) is 0 Å². The van der Waals surface area contributed by atoms with Crippen LogP contribution in [0.4, 0.5) is 0 Å². The molecule has 0 radical (unpaired) electrons. The lowest BCUT2D eigenvalue weighted by Gasteiger charge is -2.20. The summed E-state index contributed by atoms with van der Waals surface area (Å²) < 4.78 is 4.69. The maximum absolute atomic E-state index is 11.2. The van der Waals surface area contributed by atoms with Crippen molar-refractivity contribution >= 4 is 5.97 Å². The molecule has 1 rings (SSSR count). The Morgan fingerprint density at radius 3 is 2.56 bits per heavy atom. The highest BCUT2D eigenvalue weighted by Gasteiger charge is 2.16. The molecule has 0 aliphatic carbocycles. The van der Waals surface area contributed by atoms with E-state index in [1.54, 1.807) is 0 Å². The largest absolute Gasteiger partial charge is 0.468 e. The zero-order valence-electron chi connectivity index (χ0n) is 11.4. The van der Waals surface area contributed by atoms with Crippen LogP contribution in [0, 0.1) is 0 Å². The Bertz CT molecular complexity index is 236. The minimum atomic E-state index is -0.147. The number of hydrogen-bond donors (Lipinski definition) is 1. The highest BCUT2D eigenvalue weighted by molar-refractivity contribution is 5.71. The lowest BCUT2D eigenvalue weighted by molar-refractivity contribution is -0.141. The number of nitrogens with zero attached hydrogens (tertiary/aromatic N) is 2. The van der Waals surface area contributed by atoms with Crippen LogP contribution in [0.2, 0.25) is 0 Å². The van der Waals surface area contributed by atoms with Gasteiger partial charge in [0.25, 0.3) is 0 Å². The van der Waals surface area contributed by atoms with E-state index in [0.29, 0.717) is 13.2 Å². The molecule has 5 heteroatoms. The van der Waals surface area contributed by atoms with Gasteiger partial charge in [-0.3, -0.25) is 9.69 Å². The van der Waals surface area contributed by atoms with Gasteiger partial charge in [0.2, 0.25) is 0 Å². The van der Waals surface area contributed by atoms with Gasteiger partial charge in [-0.05, 0) is 38.8 Å². The quantitative estimate of drug-likeness (QED) is 0.527. The zero-order valence-corrected chi connectivity index (χ0v) is 11.4. The molecule has 0 aromatic rings. The predicted octanol–water partition coefficient (Wildman–Crippen LogP) is 0.330. The van der Waals surface area contributed by atoms with E-state index in [-0.39, 0.29) is 5.97 Å². The van der Waals surface area contributed by atoms with Crippen LogP contribution in [-0.2, 0) is 9.53 Å². The number of carbonyl (C=O) groups is 1. The second-order valence-corrected chi connectivity index (χ2v) is 4.83. The first kappa shape index (κ1) is 15.4. The van der Waals surface area contributed by atoms with Crippen molar-refractivity contribution in [3.05, 3.63) is 0 Å². The third kappa shape index (κ3) is 6.33. The topological polar surface area (TPSA) is 53.0 Å². The third-order valence-corrected chi connectivity index (χ3v) is 3.39. The van der Waals surface area contributed by atoms with Gasteiger partial charge in [0.15, 0.2) is 0 Å². The smallest absolute Gasteiger partial charge is 0.319 e. The number of hydrogen-bond acceptors (Lipinski definition) is 5. The summed E-state index contributed by atoms with van der Waals surface area (Å²) in [4.78, 5) is 15.8. The second kappa shape index (κ2) is 9.30. The van der Waals surface area contributed by atoms with Crippen molar-refractivity contribution in [3.8, 4) is 0 Å². The Morgan fingerprint density at radius 1 is 1.11 bits per heavy atom. The Balaban J connectivity index is 2.17. The van der Waals surface area contributed by atoms with Gasteiger partial charge in [-0.1, -0.05) is 0 Å². The van der Waals surface area contributed by atoms with E-state index in [2.05, 4.69) is 9.80 Å². The van der Waals surface area contributed by atoms with Crippen molar-refractivity contribution in [1.82, 2.24) is 9.80 Å². The maximum atomic E-state index is 11.2. The average Bonchev–Trinajstić information content (AvgIpc) is 2.60. The monoisotopic (exact) mass is 258 g/mol. The van der Waals surface area contributed by atoms with Crippen LogP contribution >= 0.6 is 0 Å². The van der Waals surface area contributed by atoms with Gasteiger partial charge in [0.1, 0.15) is 0 Å². The molecule has 5 nitrogen and oxygen atoms in total. The predicted molar refractivity (Wildman–Crippen MR) is 70.4 cm³/mol. The van der Waals surface area contributed by atoms with E-state index in [0.717, 1.165) is 58.4 Å². The van der Waals surface area contributed by atoms with Crippen LogP contribution in [0.25, 0.3) is 0 Å². The number of methoxy groups -OCH3 is 1. The number of rotatable bonds is 7. The molecule has 0 unspecified atom stereocenters. The van der Waals surface area contributed by atoms with Crippen molar-refractivity contribution in [2.45, 2.75) is 25.7 Å². The molecule has 1 aliphatic rings. The molecule has 1 N–H and O–H groups in total. The van der Waals surface area contributed by atoms with Gasteiger partial charge in [-0.25, -0.2) is 0 Å². The lowest BCUT2D eigenvalue weighted by Crippen LogP contribution is -2.34. The number of aliphatic hydroxyl groups is 1. The first-order valence-corrected chi connectivity index (χ1v) is 6.88. The van der Waals surface area contributed by atoms with Crippen LogP contribution in [0.1, 0.15) is 25.7 Å². The minimum absolute atomic E-state index is 0.147. The second-order valence-electron chi connectivity index (χ2n) is 4.83. The summed E-state index contributed by atoms with van der Waals surface area (Å²) in [6.07, 6.45) is 4.26. The molecule has 0 spiro atoms. The molecule has 1 fully saturated rings. The molecular formula is C13H26N2O3. The molecule has 0 saturated carbocycles. The van der Waals surface area contributed by atoms with E-state index < -0.39 is 0 Å². The Morgan fingerprint density at radius 2 is 1.83 bits per heavy atom. The van der Waals surface area contributed by atoms with E-state index in [9.17, 15) is 4.79 Å². The minimum Gasteiger partial charge on any atom is -0.468 e. The molecule has 0 aromatic heterocycles. The number of unbranched alkanes of at least 4 members (excludes halogenated alkanes) is 2. The van der Waals surface area contributed by atoms with Crippen LogP contribution in [0.15, 0.2) is 0 Å². The van der Waals surface area contributed by atoms with Crippen molar-refractivity contribution in [2.75, 3.05) is 53.0 Å². The summed E-state index contributed by atoms with van der Waals surface area (Å²) in [5.74, 6) is -0.147. The highest BCUT2D eigenvalue weighted by atomic mass is 16.5. The van der Waals surface area contributed by atoms with Crippen molar-refractivity contribution in [3.63, 3.8) is 0 Å². The fourth-order valence-corrected chi connectivity index (χ4v) is 2.28. The van der Waals surface area contributed by atoms with Gasteiger partial charge in [0.05, 0.1) is 13.7 Å². The first-order chi connectivity index (χ1) is 8.76. The summed E-state index contributed by atoms with van der Waals surface area (Å²) in [5, 5.41) is 8.73. The van der Waals surface area contributed by atoms with Crippen LogP contribution in [0.5, 0.6) is 0 Å². The molecule has 0 aromatic carbocycles.